The van der Waals surface area contributed by atoms with Gasteiger partial charge in [-0.1, -0.05) is 13.0 Å². The lowest BCUT2D eigenvalue weighted by Crippen LogP contribution is -2.39. The molecule has 1 amide bonds. The molecule has 0 aliphatic carbocycles. The Labute approximate surface area is 122 Å². The molecule has 2 rings (SSSR count). The minimum atomic E-state index is 0.0890. The fourth-order valence-corrected chi connectivity index (χ4v) is 2.94. The van der Waals surface area contributed by atoms with Crippen LogP contribution in [0.2, 0.25) is 0 Å². The van der Waals surface area contributed by atoms with Gasteiger partial charge >= 0.3 is 0 Å². The molecule has 1 aliphatic heterocycles. The Morgan fingerprint density at radius 1 is 1.56 bits per heavy atom. The van der Waals surface area contributed by atoms with Gasteiger partial charge in [0.1, 0.15) is 0 Å². The van der Waals surface area contributed by atoms with Crippen molar-refractivity contribution in [2.24, 2.45) is 5.92 Å². The van der Waals surface area contributed by atoms with Crippen molar-refractivity contribution in [3.8, 4) is 0 Å². The van der Waals surface area contributed by atoms with Gasteiger partial charge in [0, 0.05) is 15.8 Å². The third kappa shape index (κ3) is 4.24. The third-order valence-electron chi connectivity index (χ3n) is 3.22. The highest BCUT2D eigenvalue weighted by molar-refractivity contribution is 14.1. The molecule has 1 saturated heterocycles. The maximum atomic E-state index is 11.9. The first kappa shape index (κ1) is 13.8. The van der Waals surface area contributed by atoms with Crippen LogP contribution in [0.4, 0.5) is 5.69 Å². The number of likely N-dealkylation sites (tertiary alicyclic amines) is 1. The smallest absolute Gasteiger partial charge is 0.238 e. The van der Waals surface area contributed by atoms with Gasteiger partial charge in [0.2, 0.25) is 5.91 Å². The SMILES string of the molecule is C[C@@H]1CCCN(CC(=O)Nc2cccc(I)c2)C1. The van der Waals surface area contributed by atoms with Crippen molar-refractivity contribution in [3.63, 3.8) is 0 Å². The second-order valence-corrected chi connectivity index (χ2v) is 6.29. The number of amides is 1. The number of nitrogens with zero attached hydrogens (tertiary/aromatic N) is 1. The summed E-state index contributed by atoms with van der Waals surface area (Å²) in [5.41, 5.74) is 0.886. The molecule has 1 atom stereocenters. The van der Waals surface area contributed by atoms with E-state index < -0.39 is 0 Å². The van der Waals surface area contributed by atoms with Crippen molar-refractivity contribution >= 4 is 34.2 Å². The minimum Gasteiger partial charge on any atom is -0.325 e. The molecule has 3 nitrogen and oxygen atoms in total. The summed E-state index contributed by atoms with van der Waals surface area (Å²) in [5.74, 6) is 0.801. The van der Waals surface area contributed by atoms with Gasteiger partial charge < -0.3 is 5.32 Å². The lowest BCUT2D eigenvalue weighted by atomic mass is 10.0. The predicted octanol–water partition coefficient (Wildman–Crippen LogP) is 2.96. The molecule has 4 heteroatoms. The van der Waals surface area contributed by atoms with Crippen LogP contribution in [0.3, 0.4) is 0 Å². The number of benzene rings is 1. The molecule has 1 aromatic rings. The summed E-state index contributed by atoms with van der Waals surface area (Å²) in [4.78, 5) is 14.2. The summed E-state index contributed by atoms with van der Waals surface area (Å²) in [6, 6.07) is 7.89. The van der Waals surface area contributed by atoms with Gasteiger partial charge in [-0.2, -0.15) is 0 Å². The first-order valence-corrected chi connectivity index (χ1v) is 7.49. The molecule has 1 N–H and O–H groups in total. The standard InChI is InChI=1S/C14H19IN2O/c1-11-4-3-7-17(9-11)10-14(18)16-13-6-2-5-12(15)8-13/h2,5-6,8,11H,3-4,7,9-10H2,1H3,(H,16,18)/t11-/m1/s1. The lowest BCUT2D eigenvalue weighted by Gasteiger charge is -2.30. The normalized spacial score (nSPS) is 20.7. The third-order valence-corrected chi connectivity index (χ3v) is 3.89. The number of hydrogen-bond acceptors (Lipinski definition) is 2. The van der Waals surface area contributed by atoms with Gasteiger partial charge in [-0.05, 0) is 66.1 Å². The molecule has 1 aromatic carbocycles. The number of anilines is 1. The van der Waals surface area contributed by atoms with Gasteiger partial charge in [0.05, 0.1) is 6.54 Å². The van der Waals surface area contributed by atoms with Gasteiger partial charge in [-0.3, -0.25) is 9.69 Å². The predicted molar refractivity (Wildman–Crippen MR) is 82.6 cm³/mol. The zero-order chi connectivity index (χ0) is 13.0. The van der Waals surface area contributed by atoms with E-state index in [0.29, 0.717) is 12.5 Å². The Morgan fingerprint density at radius 3 is 3.11 bits per heavy atom. The average molecular weight is 358 g/mol. The molecule has 0 spiro atoms. The monoisotopic (exact) mass is 358 g/mol. The molecular formula is C14H19IN2O. The Hall–Kier alpha value is -0.620. The van der Waals surface area contributed by atoms with Crippen molar-refractivity contribution in [1.82, 2.24) is 4.90 Å². The molecule has 0 bridgehead atoms. The summed E-state index contributed by atoms with van der Waals surface area (Å²) >= 11 is 2.25. The van der Waals surface area contributed by atoms with Gasteiger partial charge in [-0.25, -0.2) is 0 Å². The fourth-order valence-electron chi connectivity index (χ4n) is 2.40. The highest BCUT2D eigenvalue weighted by atomic mass is 127. The van der Waals surface area contributed by atoms with Crippen molar-refractivity contribution in [2.75, 3.05) is 25.0 Å². The van der Waals surface area contributed by atoms with Gasteiger partial charge in [0.25, 0.3) is 0 Å². The Bertz CT molecular complexity index is 422. The van der Waals surface area contributed by atoms with Crippen molar-refractivity contribution in [3.05, 3.63) is 27.8 Å². The first-order valence-electron chi connectivity index (χ1n) is 6.41. The van der Waals surface area contributed by atoms with Gasteiger partial charge in [0.15, 0.2) is 0 Å². The summed E-state index contributed by atoms with van der Waals surface area (Å²) in [7, 11) is 0. The summed E-state index contributed by atoms with van der Waals surface area (Å²) < 4.78 is 1.14. The number of carbonyl (C=O) groups is 1. The Morgan fingerprint density at radius 2 is 2.39 bits per heavy atom. The van der Waals surface area contributed by atoms with E-state index >= 15 is 0 Å². The second kappa shape index (κ2) is 6.52. The number of nitrogens with one attached hydrogen (secondary N) is 1. The highest BCUT2D eigenvalue weighted by Gasteiger charge is 2.18. The van der Waals surface area contributed by atoms with Crippen LogP contribution < -0.4 is 5.32 Å². The molecule has 1 aliphatic rings. The maximum absolute atomic E-state index is 11.9. The molecule has 0 unspecified atom stereocenters. The number of carbonyl (C=O) groups excluding carboxylic acids is 1. The Balaban J connectivity index is 1.85. The number of rotatable bonds is 3. The van der Waals surface area contributed by atoms with E-state index in [4.69, 9.17) is 0 Å². The van der Waals surface area contributed by atoms with E-state index in [0.717, 1.165) is 22.3 Å². The van der Waals surface area contributed by atoms with E-state index in [9.17, 15) is 4.79 Å². The molecule has 1 heterocycles. The lowest BCUT2D eigenvalue weighted by molar-refractivity contribution is -0.117. The van der Waals surface area contributed by atoms with E-state index in [2.05, 4.69) is 39.7 Å². The van der Waals surface area contributed by atoms with Crippen LogP contribution in [0, 0.1) is 9.49 Å². The largest absolute Gasteiger partial charge is 0.325 e. The second-order valence-electron chi connectivity index (χ2n) is 5.04. The van der Waals surface area contributed by atoms with E-state index in [1.807, 2.05) is 24.3 Å². The molecule has 18 heavy (non-hydrogen) atoms. The molecule has 0 radical (unpaired) electrons. The van der Waals surface area contributed by atoms with Crippen molar-refractivity contribution in [2.45, 2.75) is 19.8 Å². The summed E-state index contributed by atoms with van der Waals surface area (Å²) in [5, 5.41) is 2.96. The molecule has 0 saturated carbocycles. The first-order chi connectivity index (χ1) is 8.63. The zero-order valence-electron chi connectivity index (χ0n) is 10.7. The molecule has 1 fully saturated rings. The van der Waals surface area contributed by atoms with Crippen LogP contribution in [0.1, 0.15) is 19.8 Å². The number of hydrogen-bond donors (Lipinski definition) is 1. The van der Waals surface area contributed by atoms with E-state index in [1.54, 1.807) is 0 Å². The minimum absolute atomic E-state index is 0.0890. The van der Waals surface area contributed by atoms with Crippen LogP contribution >= 0.6 is 22.6 Å². The highest BCUT2D eigenvalue weighted by Crippen LogP contribution is 2.16. The molecule has 98 valence electrons. The average Bonchev–Trinajstić information content (AvgIpc) is 2.28. The maximum Gasteiger partial charge on any atom is 0.238 e. The number of halogens is 1. The Kier molecular flexibility index (Phi) is 5.00. The van der Waals surface area contributed by atoms with Crippen LogP contribution in [-0.4, -0.2) is 30.4 Å². The van der Waals surface area contributed by atoms with Gasteiger partial charge in [-0.15, -0.1) is 0 Å². The van der Waals surface area contributed by atoms with E-state index in [1.165, 1.54) is 12.8 Å². The fraction of sp³-hybridized carbons (Fsp3) is 0.500. The van der Waals surface area contributed by atoms with Crippen LogP contribution in [0.5, 0.6) is 0 Å². The van der Waals surface area contributed by atoms with Crippen LogP contribution in [0.15, 0.2) is 24.3 Å². The van der Waals surface area contributed by atoms with E-state index in [-0.39, 0.29) is 5.91 Å². The van der Waals surface area contributed by atoms with Crippen LogP contribution in [0.25, 0.3) is 0 Å². The van der Waals surface area contributed by atoms with Crippen molar-refractivity contribution in [1.29, 1.82) is 0 Å². The number of piperidine rings is 1. The molecular weight excluding hydrogens is 339 g/mol. The van der Waals surface area contributed by atoms with Crippen molar-refractivity contribution < 1.29 is 4.79 Å². The molecule has 0 aromatic heterocycles. The zero-order valence-corrected chi connectivity index (χ0v) is 12.8. The summed E-state index contributed by atoms with van der Waals surface area (Å²) in [6.07, 6.45) is 2.49. The topological polar surface area (TPSA) is 32.3 Å². The van der Waals surface area contributed by atoms with Crippen LogP contribution in [-0.2, 0) is 4.79 Å². The quantitative estimate of drug-likeness (QED) is 0.843. The summed E-state index contributed by atoms with van der Waals surface area (Å²) in [6.45, 7) is 4.85.